The van der Waals surface area contributed by atoms with Crippen molar-refractivity contribution in [3.8, 4) is 0 Å². The van der Waals surface area contributed by atoms with Gasteiger partial charge in [0.2, 0.25) is 0 Å². The molecule has 484 valence electrons. The van der Waals surface area contributed by atoms with Crippen molar-refractivity contribution in [3.05, 3.63) is 302 Å². The van der Waals surface area contributed by atoms with Crippen molar-refractivity contribution in [1.29, 1.82) is 0 Å². The number of rotatable bonds is 16. The van der Waals surface area contributed by atoms with Crippen molar-refractivity contribution in [2.75, 3.05) is 0 Å². The Morgan fingerprint density at radius 2 is 0.293 bits per heavy atom. The summed E-state index contributed by atoms with van der Waals surface area (Å²) in [7, 11) is -36.9. The van der Waals surface area contributed by atoms with Crippen molar-refractivity contribution in [3.63, 3.8) is 0 Å². The SMILES string of the molecule is F[B-](F)(F)F.F[B-](F)(F)F.F[B-](F)(F)F.F[B-](F)(F)F.F[P+](Cc1cccc(C[P+](F)(c2ccccc2)c2ccccc2)n1)(c1ccccc1)c1ccccc1.F[P+](Cc1cccc(C[P+](F)(c2ccccc2)c2ccccc2)n1)(c1ccccc1)c1ccccc1. The number of nitrogens with zero attached hydrogens (tertiary/aromatic N) is 2. The quantitative estimate of drug-likeness (QED) is 0.0547. The second kappa shape index (κ2) is 34.5. The van der Waals surface area contributed by atoms with Gasteiger partial charge in [-0.25, -0.2) is 9.97 Å². The molecule has 0 fully saturated rings. The Bertz CT molecular complexity index is 3050. The van der Waals surface area contributed by atoms with E-state index < -0.39 is 59.3 Å². The monoisotopic (exact) mass is 1370 g/mol. The summed E-state index contributed by atoms with van der Waals surface area (Å²) in [5.41, 5.74) is 2.57. The first-order valence-corrected chi connectivity index (χ1v) is 34.8. The Morgan fingerprint density at radius 3 is 0.402 bits per heavy atom. The van der Waals surface area contributed by atoms with Gasteiger partial charge in [0, 0.05) is 0 Å². The summed E-state index contributed by atoms with van der Waals surface area (Å²) in [5, 5.41) is 5.48. The highest BCUT2D eigenvalue weighted by molar-refractivity contribution is 7.85. The fourth-order valence-electron chi connectivity index (χ4n) is 8.94. The number of hydrogen-bond acceptors (Lipinski definition) is 2. The molecule has 92 heavy (non-hydrogen) atoms. The first-order valence-electron chi connectivity index (χ1n) is 27.3. The Hall–Kier alpha value is -7.36. The Labute approximate surface area is 521 Å². The minimum atomic E-state index is -6.00. The molecule has 0 aliphatic heterocycles. The highest BCUT2D eigenvalue weighted by atomic mass is 31.2. The number of halogens is 20. The molecule has 8 aromatic carbocycles. The third kappa shape index (κ3) is 26.3. The average Bonchev–Trinajstić information content (AvgIpc) is 0.815. The molecule has 0 atom stereocenters. The number of pyridine rings is 2. The van der Waals surface area contributed by atoms with Crippen LogP contribution in [0.25, 0.3) is 0 Å². The van der Waals surface area contributed by atoms with Crippen LogP contribution in [0.5, 0.6) is 0 Å². The van der Waals surface area contributed by atoms with Gasteiger partial charge in [-0.15, -0.1) is 0 Å². The molecule has 0 radical (unpaired) electrons. The molecule has 0 saturated heterocycles. The standard InChI is InChI=1S/2C31H27F2NP2.4BF4/c2*32-35(28-16-5-1-6-17-28,29-18-7-2-8-19-29)24-26-14-13-15-27(34-26)25-36(33,30-20-9-3-10-21-30)31-22-11-4-12-23-31;4*2-1(3,4)5/h2*1-23H,24-25H2;;;;/q2*+2;4*-1. The molecule has 0 bridgehead atoms. The van der Waals surface area contributed by atoms with E-state index >= 15 is 16.8 Å². The van der Waals surface area contributed by atoms with E-state index in [4.69, 9.17) is 9.97 Å². The predicted molar refractivity (Wildman–Crippen MR) is 345 cm³/mol. The van der Waals surface area contributed by atoms with E-state index in [1.807, 2.05) is 279 Å². The van der Waals surface area contributed by atoms with E-state index in [9.17, 15) is 69.1 Å². The smallest absolute Gasteiger partial charge is 0.418 e. The van der Waals surface area contributed by atoms with Crippen LogP contribution in [0.1, 0.15) is 22.8 Å². The Morgan fingerprint density at radius 1 is 0.185 bits per heavy atom. The lowest BCUT2D eigenvalue weighted by atomic mass is 10.3. The van der Waals surface area contributed by atoms with E-state index in [0.29, 0.717) is 65.2 Å². The van der Waals surface area contributed by atoms with E-state index in [1.54, 1.807) is 0 Å². The normalized spacial score (nSPS) is 11.9. The van der Waals surface area contributed by atoms with E-state index in [-0.39, 0.29) is 24.6 Å². The molecule has 30 heteroatoms. The number of hydrogen-bond donors (Lipinski definition) is 0. The van der Waals surface area contributed by atoms with Crippen molar-refractivity contribution in [1.82, 2.24) is 9.97 Å². The number of aromatic nitrogens is 2. The molecule has 2 nitrogen and oxygen atoms in total. The molecular weight excluding hydrogens is 1320 g/mol. The van der Waals surface area contributed by atoms with Crippen LogP contribution in [-0.2, 0) is 24.6 Å². The van der Waals surface area contributed by atoms with Gasteiger partial charge in [0.25, 0.3) is 30.3 Å². The molecule has 2 heterocycles. The molecule has 0 amide bonds. The summed E-state index contributed by atoms with van der Waals surface area (Å²) in [5.74, 6) is 0. The van der Waals surface area contributed by atoms with Gasteiger partial charge in [-0.1, -0.05) is 175 Å². The fraction of sp³-hybridized carbons (Fsp3) is 0.0645. The highest BCUT2D eigenvalue weighted by Gasteiger charge is 2.50. The van der Waals surface area contributed by atoms with Gasteiger partial charge in [-0.3, -0.25) is 0 Å². The van der Waals surface area contributed by atoms with Crippen LogP contribution in [0, 0.1) is 0 Å². The van der Waals surface area contributed by atoms with Crippen LogP contribution >= 0.6 is 30.3 Å². The van der Waals surface area contributed by atoms with Crippen LogP contribution in [0.3, 0.4) is 0 Å². The zero-order valence-corrected chi connectivity index (χ0v) is 51.5. The van der Waals surface area contributed by atoms with Gasteiger partial charge in [-0.2, -0.15) is 0 Å². The molecule has 0 spiro atoms. The maximum absolute atomic E-state index is 16.9. The van der Waals surface area contributed by atoms with Gasteiger partial charge in [0.1, 0.15) is 67.1 Å². The first kappa shape index (κ1) is 75.4. The van der Waals surface area contributed by atoms with Crippen LogP contribution < -0.4 is 42.4 Å². The van der Waals surface area contributed by atoms with Crippen LogP contribution in [0.15, 0.2) is 279 Å². The summed E-state index contributed by atoms with van der Waals surface area (Å²) in [4.78, 5) is 9.64. The molecule has 10 aromatic rings. The maximum atomic E-state index is 16.9. The zero-order valence-electron chi connectivity index (χ0n) is 47.9. The topological polar surface area (TPSA) is 25.8 Å². The van der Waals surface area contributed by atoms with Crippen molar-refractivity contribution in [2.45, 2.75) is 24.6 Å². The maximum Gasteiger partial charge on any atom is 0.673 e. The molecule has 0 saturated carbocycles. The highest BCUT2D eigenvalue weighted by Crippen LogP contribution is 2.64. The van der Waals surface area contributed by atoms with Gasteiger partial charge >= 0.3 is 29.0 Å². The Kier molecular flexibility index (Phi) is 28.3. The van der Waals surface area contributed by atoms with Crippen molar-refractivity contribution in [2.24, 2.45) is 0 Å². The molecule has 0 N–H and O–H groups in total. The van der Waals surface area contributed by atoms with Gasteiger partial charge in [0.05, 0.1) is 22.8 Å². The van der Waals surface area contributed by atoms with E-state index in [2.05, 4.69) is 0 Å². The van der Waals surface area contributed by atoms with Gasteiger partial charge < -0.3 is 69.1 Å². The molecule has 0 aliphatic carbocycles. The summed E-state index contributed by atoms with van der Waals surface area (Å²) in [6.45, 7) is 0. The first-order chi connectivity index (χ1) is 43.2. The fourth-order valence-corrected chi connectivity index (χ4v) is 19.2. The molecule has 10 rings (SSSR count). The third-order valence-electron chi connectivity index (χ3n) is 12.6. The Balaban J connectivity index is 0.000000258. The summed E-state index contributed by atoms with van der Waals surface area (Å²) >= 11 is 0. The zero-order chi connectivity index (χ0) is 67.7. The lowest BCUT2D eigenvalue weighted by molar-refractivity contribution is 0.366. The minimum Gasteiger partial charge on any atom is -0.418 e. The van der Waals surface area contributed by atoms with Crippen LogP contribution in [0.4, 0.5) is 85.8 Å². The second-order valence-electron chi connectivity index (χ2n) is 19.4. The predicted octanol–water partition coefficient (Wildman–Crippen LogP) is 19.6. The summed E-state index contributed by atoms with van der Waals surface area (Å²) < 4.78 is 224. The van der Waals surface area contributed by atoms with Gasteiger partial charge in [0.15, 0.2) is 0 Å². The lowest BCUT2D eigenvalue weighted by Crippen LogP contribution is -2.22. The van der Waals surface area contributed by atoms with Gasteiger partial charge in [-0.05, 0) is 121 Å². The van der Waals surface area contributed by atoms with E-state index in [1.165, 1.54) is 0 Å². The van der Waals surface area contributed by atoms with Crippen LogP contribution in [-0.4, -0.2) is 39.0 Å². The van der Waals surface area contributed by atoms with Crippen molar-refractivity contribution < 1.29 is 85.8 Å². The lowest BCUT2D eigenvalue weighted by Gasteiger charge is -2.18. The number of benzene rings is 8. The minimum absolute atomic E-state index is 0.170. The summed E-state index contributed by atoms with van der Waals surface area (Å²) in [6, 6.07) is 86.0. The largest absolute Gasteiger partial charge is 0.673 e. The van der Waals surface area contributed by atoms with E-state index in [0.717, 1.165) is 0 Å². The molecule has 0 unspecified atom stereocenters. The average molecular weight is 1370 g/mol. The molecule has 2 aromatic heterocycles. The molecule has 0 aliphatic rings. The van der Waals surface area contributed by atoms with Crippen molar-refractivity contribution >= 4 is 102 Å². The summed E-state index contributed by atoms with van der Waals surface area (Å²) in [6.07, 6.45) is 0.680. The van der Waals surface area contributed by atoms with Crippen LogP contribution in [0.2, 0.25) is 0 Å². The second-order valence-corrected chi connectivity index (χ2v) is 30.5. The molecular formula is C62H54B4F20N2P4. The third-order valence-corrected chi connectivity index (χ3v) is 24.5.